The van der Waals surface area contributed by atoms with E-state index in [0.717, 1.165) is 6.92 Å². The Morgan fingerprint density at radius 3 is 1.74 bits per heavy atom. The molecule has 1 fully saturated rings. The maximum Gasteiger partial charge on any atom is 0.326 e. The van der Waals surface area contributed by atoms with Crippen molar-refractivity contribution in [1.82, 2.24) is 73.0 Å². The number of hydrogen-bond acceptors (Lipinski definition) is 20. The second-order valence-corrected chi connectivity index (χ2v) is 26.7. The van der Waals surface area contributed by atoms with Crippen LogP contribution in [0.3, 0.4) is 0 Å². The molecule has 584 valence electrons. The summed E-state index contributed by atoms with van der Waals surface area (Å²) in [7, 11) is 0. The molecule has 13 amide bonds. The van der Waals surface area contributed by atoms with Gasteiger partial charge in [0.25, 0.3) is 0 Å². The highest BCUT2D eigenvalue weighted by molar-refractivity contribution is 6.01. The Morgan fingerprint density at radius 1 is 0.598 bits per heavy atom. The number of nitrogens with two attached hydrogens (primary N) is 5. The number of carboxylic acids is 2. The Kier molecular flexibility index (Phi) is 33.4. The van der Waals surface area contributed by atoms with E-state index in [2.05, 4.69) is 73.1 Å². The number of aromatic amines is 2. The van der Waals surface area contributed by atoms with Crippen LogP contribution in [0.5, 0.6) is 5.75 Å². The molecular formula is C68H98N20O19. The Balaban J connectivity index is 1.36. The number of aromatic hydroxyl groups is 1. The molecule has 26 N–H and O–H groups in total. The van der Waals surface area contributed by atoms with Crippen molar-refractivity contribution in [3.8, 4) is 5.75 Å². The number of benzene rings is 2. The number of phenolic OH excluding ortho intramolecular Hbond substituents is 1. The van der Waals surface area contributed by atoms with Crippen molar-refractivity contribution in [2.75, 3.05) is 19.7 Å². The van der Waals surface area contributed by atoms with Crippen LogP contribution in [0.25, 0.3) is 10.9 Å². The van der Waals surface area contributed by atoms with Crippen molar-refractivity contribution in [2.45, 2.75) is 191 Å². The standard InChI is InChI=1S/C68H98N20O19/c1-33(2)24-46(62(101)86-50(31-89)64(103)87-55(34(3)4)67(106)107)82-60(99)45(19-21-54(93)94)81-58(97)43(12-8-22-75-68(72)73)80-59(98)44(18-20-52(70)91)79-56(95)35(5)78-61(100)48(28-53(71)92)83-63(102)47(26-37-29-76-42-11-7-6-10-40(37)42)84-65(104)51-13-9-23-88(51)66(105)49(27-38-30-74-32-77-38)85-57(96)41(69)25-36-14-16-39(90)17-15-36/h6-7,10-11,14-17,29-30,32-35,41,43-51,55,76,89-90H,8-9,12-13,18-28,31,69H2,1-5H3,(H2,70,91)(H2,71,92)(H,74,77)(H,78,100)(H,79,95)(H,80,98)(H,81,97)(H,82,99)(H,83,102)(H,84,104)(H,85,96)(H,86,101)(H,87,103)(H,93,94)(H,106,107)(H4,72,73,75)/t35-,41-,43-,44-,45-,46-,47-,48-,49-,50-,51-,55-/m0/s1. The van der Waals surface area contributed by atoms with Crippen molar-refractivity contribution < 1.29 is 92.3 Å². The van der Waals surface area contributed by atoms with Gasteiger partial charge in [0, 0.05) is 67.8 Å². The van der Waals surface area contributed by atoms with Crippen molar-refractivity contribution >= 4 is 106 Å². The van der Waals surface area contributed by atoms with E-state index in [0.29, 0.717) is 34.1 Å². The monoisotopic (exact) mass is 1500 g/mol. The first-order valence-electron chi connectivity index (χ1n) is 34.6. The lowest BCUT2D eigenvalue weighted by Crippen LogP contribution is -2.61. The van der Waals surface area contributed by atoms with E-state index < -0.39 is 206 Å². The number of amides is 13. The second kappa shape index (κ2) is 41.7. The minimum Gasteiger partial charge on any atom is -0.508 e. The number of nitrogens with zero attached hydrogens (tertiary/aromatic N) is 3. The number of aromatic nitrogens is 3. The summed E-state index contributed by atoms with van der Waals surface area (Å²) in [5, 5.41) is 64.1. The molecule has 0 unspecified atom stereocenters. The van der Waals surface area contributed by atoms with Gasteiger partial charge in [0.2, 0.25) is 76.8 Å². The van der Waals surface area contributed by atoms with Crippen LogP contribution in [0.1, 0.15) is 116 Å². The zero-order chi connectivity index (χ0) is 79.4. The quantitative estimate of drug-likeness (QED) is 0.0112. The molecule has 3 heterocycles. The van der Waals surface area contributed by atoms with Crippen LogP contribution in [0, 0.1) is 11.8 Å². The van der Waals surface area contributed by atoms with Crippen molar-refractivity contribution in [3.05, 3.63) is 84.1 Å². The molecule has 4 aromatic rings. The molecule has 107 heavy (non-hydrogen) atoms. The molecule has 1 saturated heterocycles. The number of carboxylic acid groups (broad SMARTS) is 2. The third-order valence-electron chi connectivity index (χ3n) is 17.2. The van der Waals surface area contributed by atoms with Gasteiger partial charge in [0.1, 0.15) is 72.2 Å². The summed E-state index contributed by atoms with van der Waals surface area (Å²) in [6, 6.07) is -5.67. The molecule has 2 aromatic heterocycles. The van der Waals surface area contributed by atoms with Gasteiger partial charge in [0.05, 0.1) is 25.4 Å². The molecule has 0 aliphatic carbocycles. The number of carbonyl (C=O) groups is 15. The molecule has 1 aliphatic rings. The Hall–Kier alpha value is -11.8. The number of likely N-dealkylation sites (tertiary alicyclic amines) is 1. The Bertz CT molecular complexity index is 3830. The normalized spacial score (nSPS) is 15.7. The van der Waals surface area contributed by atoms with Crippen LogP contribution < -0.4 is 81.8 Å². The number of para-hydroxylation sites is 1. The number of aliphatic imine (C=N–C) groups is 1. The Morgan fingerprint density at radius 2 is 1.16 bits per heavy atom. The number of guanidine groups is 1. The molecule has 5 rings (SSSR count). The fraction of sp³-hybridized carbons (Fsp3) is 0.515. The molecule has 0 radical (unpaired) electrons. The lowest BCUT2D eigenvalue weighted by Gasteiger charge is -2.30. The topological polar surface area (TPSA) is 647 Å². The predicted molar refractivity (Wildman–Crippen MR) is 382 cm³/mol. The summed E-state index contributed by atoms with van der Waals surface area (Å²) >= 11 is 0. The summed E-state index contributed by atoms with van der Waals surface area (Å²) < 4.78 is 0. The first-order valence-corrected chi connectivity index (χ1v) is 34.6. The molecule has 1 aliphatic heterocycles. The molecule has 12 atom stereocenters. The lowest BCUT2D eigenvalue weighted by atomic mass is 10.0. The molecule has 39 nitrogen and oxygen atoms in total. The number of imidazole rings is 1. The van der Waals surface area contributed by atoms with Crippen LogP contribution in [-0.4, -0.2) is 227 Å². The first-order chi connectivity index (χ1) is 50.5. The van der Waals surface area contributed by atoms with E-state index in [1.165, 1.54) is 43.4 Å². The minimum absolute atomic E-state index is 0.000153. The van der Waals surface area contributed by atoms with Crippen LogP contribution >= 0.6 is 0 Å². The van der Waals surface area contributed by atoms with Gasteiger partial charge < -0.3 is 117 Å². The number of aliphatic hydroxyl groups excluding tert-OH is 1. The zero-order valence-corrected chi connectivity index (χ0v) is 59.9. The molecule has 0 saturated carbocycles. The highest BCUT2D eigenvalue weighted by Crippen LogP contribution is 2.23. The number of rotatable bonds is 44. The van der Waals surface area contributed by atoms with Gasteiger partial charge in [-0.1, -0.05) is 58.0 Å². The summed E-state index contributed by atoms with van der Waals surface area (Å²) in [6.07, 6.45) is 0.564. The van der Waals surface area contributed by atoms with Crippen molar-refractivity contribution in [1.29, 1.82) is 0 Å². The van der Waals surface area contributed by atoms with Gasteiger partial charge >= 0.3 is 11.9 Å². The Labute approximate surface area is 614 Å². The highest BCUT2D eigenvalue weighted by atomic mass is 16.4. The van der Waals surface area contributed by atoms with Gasteiger partial charge in [-0.05, 0) is 99.5 Å². The van der Waals surface area contributed by atoms with Gasteiger partial charge in [0.15, 0.2) is 5.96 Å². The van der Waals surface area contributed by atoms with E-state index in [4.69, 9.17) is 28.7 Å². The number of phenols is 1. The van der Waals surface area contributed by atoms with Crippen molar-refractivity contribution in [3.63, 3.8) is 0 Å². The number of carbonyl (C=O) groups excluding carboxylic acids is 13. The van der Waals surface area contributed by atoms with E-state index >= 15 is 0 Å². The largest absolute Gasteiger partial charge is 0.508 e. The van der Waals surface area contributed by atoms with Gasteiger partial charge in [-0.25, -0.2) is 9.78 Å². The van der Waals surface area contributed by atoms with Crippen molar-refractivity contribution in [2.24, 2.45) is 45.5 Å². The molecule has 39 heteroatoms. The maximum absolute atomic E-state index is 14.7. The number of aliphatic hydroxyl groups is 1. The zero-order valence-electron chi connectivity index (χ0n) is 59.9. The fourth-order valence-electron chi connectivity index (χ4n) is 11.6. The SMILES string of the molecule is CC(C)C[C@H](NC(=O)[C@H](CCC(=O)O)NC(=O)[C@H](CCCN=C(N)N)NC(=O)[C@H](CCC(N)=O)NC(=O)[C@H](C)NC(=O)[C@H](CC(N)=O)NC(=O)[C@H](Cc1c[nH]c2ccccc12)NC(=O)[C@@H]1CCCN1C(=O)[C@H](Cc1cnc[nH]1)NC(=O)[C@@H](N)Cc1ccc(O)cc1)C(=O)N[C@@H](CO)C(=O)N[C@H](C(=O)O)C(C)C. The van der Waals surface area contributed by atoms with Gasteiger partial charge in [-0.3, -0.25) is 72.1 Å². The summed E-state index contributed by atoms with van der Waals surface area (Å²) in [4.78, 5) is 220. The molecule has 2 aromatic carbocycles. The van der Waals surface area contributed by atoms with Crippen LogP contribution in [0.2, 0.25) is 0 Å². The van der Waals surface area contributed by atoms with Crippen LogP contribution in [0.15, 0.2) is 72.2 Å². The molecule has 0 spiro atoms. The third kappa shape index (κ3) is 27.7. The first kappa shape index (κ1) is 85.9. The average molecular weight is 1500 g/mol. The van der Waals surface area contributed by atoms with Crippen LogP contribution in [-0.2, 0) is 91.2 Å². The summed E-state index contributed by atoms with van der Waals surface area (Å²) in [5.74, 6) is -17.4. The lowest BCUT2D eigenvalue weighted by molar-refractivity contribution is -0.144. The van der Waals surface area contributed by atoms with Gasteiger partial charge in [-0.2, -0.15) is 0 Å². The number of primary amides is 2. The minimum atomic E-state index is -1.87. The highest BCUT2D eigenvalue weighted by Gasteiger charge is 2.41. The fourth-order valence-corrected chi connectivity index (χ4v) is 11.6. The van der Waals surface area contributed by atoms with E-state index in [1.807, 2.05) is 0 Å². The number of hydrogen-bond donors (Lipinski definition) is 21. The molecular weight excluding hydrogens is 1400 g/mol. The summed E-state index contributed by atoms with van der Waals surface area (Å²) in [6.45, 7) is 6.35. The number of nitrogens with one attached hydrogen (secondary N) is 12. The smallest absolute Gasteiger partial charge is 0.326 e. The van der Waals surface area contributed by atoms with E-state index in [9.17, 15) is 92.3 Å². The third-order valence-corrected chi connectivity index (χ3v) is 17.2. The summed E-state index contributed by atoms with van der Waals surface area (Å²) in [5.41, 5.74) is 30.6. The van der Waals surface area contributed by atoms with E-state index in [1.54, 1.807) is 56.4 Å². The maximum atomic E-state index is 14.7. The van der Waals surface area contributed by atoms with Crippen LogP contribution in [0.4, 0.5) is 0 Å². The molecule has 0 bridgehead atoms. The second-order valence-electron chi connectivity index (χ2n) is 26.7. The van der Waals surface area contributed by atoms with E-state index in [-0.39, 0.29) is 75.7 Å². The number of H-pyrrole nitrogens is 2. The average Bonchev–Trinajstić information content (AvgIpc) is 1.70. The number of fused-ring (bicyclic) bond motifs is 1. The van der Waals surface area contributed by atoms with Gasteiger partial charge in [-0.15, -0.1) is 0 Å². The predicted octanol–water partition coefficient (Wildman–Crippen LogP) is -5.35. The number of aliphatic carboxylic acids is 2.